The van der Waals surface area contributed by atoms with Gasteiger partial charge in [0.25, 0.3) is 0 Å². The van der Waals surface area contributed by atoms with Crippen LogP contribution in [0.2, 0.25) is 0 Å². The molecule has 92 valence electrons. The van der Waals surface area contributed by atoms with Gasteiger partial charge in [0.2, 0.25) is 0 Å². The molecule has 0 spiro atoms. The molecule has 0 fully saturated rings. The summed E-state index contributed by atoms with van der Waals surface area (Å²) >= 11 is 0. The molecule has 2 atom stereocenters. The summed E-state index contributed by atoms with van der Waals surface area (Å²) in [6.45, 7) is 0. The minimum Gasteiger partial charge on any atom is -0.386 e. The van der Waals surface area contributed by atoms with Gasteiger partial charge in [0.1, 0.15) is 12.4 Å². The maximum atomic E-state index is 10.5. The second-order valence-electron chi connectivity index (χ2n) is 4.63. The van der Waals surface area contributed by atoms with E-state index in [0.717, 1.165) is 25.0 Å². The Kier molecular flexibility index (Phi) is 3.02. The summed E-state index contributed by atoms with van der Waals surface area (Å²) in [6, 6.07) is 5.82. The number of hydrogen-bond acceptors (Lipinski definition) is 4. The van der Waals surface area contributed by atoms with E-state index in [1.165, 1.54) is 11.9 Å². The molecule has 0 amide bonds. The second kappa shape index (κ2) is 4.82. The number of hydrogen-bond donors (Lipinski definition) is 1. The molecule has 2 heterocycles. The summed E-state index contributed by atoms with van der Waals surface area (Å²) in [7, 11) is 0. The molecule has 0 saturated carbocycles. The van der Waals surface area contributed by atoms with E-state index in [2.05, 4.69) is 21.0 Å². The number of rotatable bonds is 2. The average Bonchev–Trinajstić information content (AvgIpc) is 2.47. The average molecular weight is 241 g/mol. The van der Waals surface area contributed by atoms with E-state index in [1.807, 2.05) is 6.07 Å². The molecule has 3 rings (SSSR count). The first-order valence-electron chi connectivity index (χ1n) is 6.24. The van der Waals surface area contributed by atoms with Crippen LogP contribution in [0.25, 0.3) is 0 Å². The van der Waals surface area contributed by atoms with Crippen LogP contribution in [0.5, 0.6) is 0 Å². The third-order valence-corrected chi connectivity index (χ3v) is 3.53. The fourth-order valence-corrected chi connectivity index (χ4v) is 2.63. The van der Waals surface area contributed by atoms with Crippen molar-refractivity contribution in [1.82, 2.24) is 15.0 Å². The highest BCUT2D eigenvalue weighted by Crippen LogP contribution is 2.38. The van der Waals surface area contributed by atoms with Crippen molar-refractivity contribution in [2.75, 3.05) is 0 Å². The third kappa shape index (κ3) is 1.99. The first-order valence-corrected chi connectivity index (χ1v) is 6.24. The van der Waals surface area contributed by atoms with Crippen LogP contribution >= 0.6 is 0 Å². The summed E-state index contributed by atoms with van der Waals surface area (Å²) in [5.41, 5.74) is 2.95. The standard InChI is InChI=1S/C14H15N3O/c18-14(12-6-8-15-9-17-12)11-5-1-3-10-4-2-7-16-13(10)11/h2,4,6-9,11,14,18H,1,3,5H2. The molecule has 1 aliphatic carbocycles. The van der Waals surface area contributed by atoms with E-state index in [9.17, 15) is 5.11 Å². The summed E-state index contributed by atoms with van der Waals surface area (Å²) in [5, 5.41) is 10.5. The van der Waals surface area contributed by atoms with Crippen molar-refractivity contribution in [2.45, 2.75) is 31.3 Å². The molecule has 1 N–H and O–H groups in total. The van der Waals surface area contributed by atoms with Gasteiger partial charge < -0.3 is 5.11 Å². The van der Waals surface area contributed by atoms with E-state index >= 15 is 0 Å². The molecule has 2 aromatic rings. The SMILES string of the molecule is OC(c1ccncn1)C1CCCc2cccnc21. The van der Waals surface area contributed by atoms with Crippen LogP contribution in [0, 0.1) is 0 Å². The Bertz CT molecular complexity index is 530. The van der Waals surface area contributed by atoms with Crippen molar-refractivity contribution in [3.05, 3.63) is 53.9 Å². The Morgan fingerprint density at radius 2 is 2.17 bits per heavy atom. The van der Waals surface area contributed by atoms with Crippen LogP contribution in [0.1, 0.15) is 41.8 Å². The van der Waals surface area contributed by atoms with Gasteiger partial charge in [-0.25, -0.2) is 9.97 Å². The molecule has 2 aromatic heterocycles. The van der Waals surface area contributed by atoms with Crippen LogP contribution in [0.4, 0.5) is 0 Å². The number of fused-ring (bicyclic) bond motifs is 1. The van der Waals surface area contributed by atoms with Crippen molar-refractivity contribution < 1.29 is 5.11 Å². The van der Waals surface area contributed by atoms with Gasteiger partial charge in [-0.3, -0.25) is 4.98 Å². The van der Waals surface area contributed by atoms with E-state index in [-0.39, 0.29) is 5.92 Å². The van der Waals surface area contributed by atoms with Gasteiger partial charge in [-0.05, 0) is 37.0 Å². The number of aromatic nitrogens is 3. The topological polar surface area (TPSA) is 58.9 Å². The quantitative estimate of drug-likeness (QED) is 0.874. The Morgan fingerprint density at radius 3 is 3.00 bits per heavy atom. The molecule has 2 unspecified atom stereocenters. The molecule has 0 radical (unpaired) electrons. The molecule has 1 aliphatic rings. The molecular weight excluding hydrogens is 226 g/mol. The third-order valence-electron chi connectivity index (χ3n) is 3.53. The first kappa shape index (κ1) is 11.3. The lowest BCUT2D eigenvalue weighted by Gasteiger charge is -2.27. The van der Waals surface area contributed by atoms with Crippen LogP contribution in [-0.2, 0) is 6.42 Å². The summed E-state index contributed by atoms with van der Waals surface area (Å²) in [6.07, 6.45) is 7.43. The molecule has 0 bridgehead atoms. The minimum absolute atomic E-state index is 0.0462. The van der Waals surface area contributed by atoms with Crippen molar-refractivity contribution >= 4 is 0 Å². The summed E-state index contributed by atoms with van der Waals surface area (Å²) < 4.78 is 0. The van der Waals surface area contributed by atoms with E-state index in [1.54, 1.807) is 18.5 Å². The molecule has 0 aromatic carbocycles. The normalized spacial score (nSPS) is 20.2. The zero-order chi connectivity index (χ0) is 12.4. The Hall–Kier alpha value is -1.81. The maximum Gasteiger partial charge on any atom is 0.115 e. The molecule has 18 heavy (non-hydrogen) atoms. The van der Waals surface area contributed by atoms with Gasteiger partial charge >= 0.3 is 0 Å². The van der Waals surface area contributed by atoms with Crippen LogP contribution in [0.3, 0.4) is 0 Å². The largest absolute Gasteiger partial charge is 0.386 e. The number of nitrogens with zero attached hydrogens (tertiary/aromatic N) is 3. The van der Waals surface area contributed by atoms with Crippen molar-refractivity contribution in [1.29, 1.82) is 0 Å². The van der Waals surface area contributed by atoms with Crippen molar-refractivity contribution in [3.8, 4) is 0 Å². The lowest BCUT2D eigenvalue weighted by atomic mass is 9.82. The monoisotopic (exact) mass is 241 g/mol. The Balaban J connectivity index is 1.94. The highest BCUT2D eigenvalue weighted by molar-refractivity contribution is 5.28. The van der Waals surface area contributed by atoms with Crippen LogP contribution < -0.4 is 0 Å². The number of pyridine rings is 1. The van der Waals surface area contributed by atoms with Gasteiger partial charge in [-0.2, -0.15) is 0 Å². The van der Waals surface area contributed by atoms with Gasteiger partial charge in [0, 0.05) is 24.0 Å². The maximum absolute atomic E-state index is 10.5. The smallest absolute Gasteiger partial charge is 0.115 e. The van der Waals surface area contributed by atoms with Gasteiger partial charge in [-0.1, -0.05) is 6.07 Å². The Morgan fingerprint density at radius 1 is 1.22 bits per heavy atom. The molecule has 4 nitrogen and oxygen atoms in total. The highest BCUT2D eigenvalue weighted by Gasteiger charge is 2.29. The molecule has 4 heteroatoms. The zero-order valence-electron chi connectivity index (χ0n) is 10.0. The van der Waals surface area contributed by atoms with Crippen LogP contribution in [0.15, 0.2) is 36.9 Å². The lowest BCUT2D eigenvalue weighted by molar-refractivity contribution is 0.129. The predicted molar refractivity (Wildman–Crippen MR) is 66.9 cm³/mol. The molecule has 0 saturated heterocycles. The lowest BCUT2D eigenvalue weighted by Crippen LogP contribution is -2.19. The number of aryl methyl sites for hydroxylation is 1. The molecular formula is C14H15N3O. The fourth-order valence-electron chi connectivity index (χ4n) is 2.63. The minimum atomic E-state index is -0.595. The number of aliphatic hydroxyl groups excluding tert-OH is 1. The Labute approximate surface area is 106 Å². The van der Waals surface area contributed by atoms with Crippen LogP contribution in [-0.4, -0.2) is 20.1 Å². The highest BCUT2D eigenvalue weighted by atomic mass is 16.3. The second-order valence-corrected chi connectivity index (χ2v) is 4.63. The molecule has 0 aliphatic heterocycles. The van der Waals surface area contributed by atoms with Crippen molar-refractivity contribution in [2.24, 2.45) is 0 Å². The zero-order valence-corrected chi connectivity index (χ0v) is 10.0. The predicted octanol–water partition coefficient (Wildman–Crippen LogP) is 2.03. The van der Waals surface area contributed by atoms with Crippen molar-refractivity contribution in [3.63, 3.8) is 0 Å². The van der Waals surface area contributed by atoms with E-state index < -0.39 is 6.10 Å². The van der Waals surface area contributed by atoms with Gasteiger partial charge in [0.15, 0.2) is 0 Å². The summed E-state index contributed by atoms with van der Waals surface area (Å²) in [5.74, 6) is 0.0462. The fraction of sp³-hybridized carbons (Fsp3) is 0.357. The van der Waals surface area contributed by atoms with E-state index in [4.69, 9.17) is 0 Å². The summed E-state index contributed by atoms with van der Waals surface area (Å²) in [4.78, 5) is 12.5. The first-order chi connectivity index (χ1) is 8.86. The van der Waals surface area contributed by atoms with Gasteiger partial charge in [0.05, 0.1) is 5.69 Å². The number of aliphatic hydroxyl groups is 1. The van der Waals surface area contributed by atoms with Gasteiger partial charge in [-0.15, -0.1) is 0 Å². The van der Waals surface area contributed by atoms with E-state index in [0.29, 0.717) is 5.69 Å².